The van der Waals surface area contributed by atoms with Crippen LogP contribution in [0, 0.1) is 16.0 Å². The summed E-state index contributed by atoms with van der Waals surface area (Å²) in [5.41, 5.74) is 0. The first-order valence-corrected chi connectivity index (χ1v) is 6.67. The van der Waals surface area contributed by atoms with E-state index in [-0.39, 0.29) is 22.9 Å². The Morgan fingerprint density at radius 2 is 2.33 bits per heavy atom. The van der Waals surface area contributed by atoms with Crippen LogP contribution in [-0.4, -0.2) is 47.6 Å². The second-order valence-electron chi connectivity index (χ2n) is 5.11. The first-order valence-electron chi connectivity index (χ1n) is 6.67. The van der Waals surface area contributed by atoms with Gasteiger partial charge in [0, 0.05) is 31.0 Å². The summed E-state index contributed by atoms with van der Waals surface area (Å²) in [5.74, 6) is -0.438. The molecule has 1 saturated carbocycles. The van der Waals surface area contributed by atoms with Gasteiger partial charge in [-0.05, 0) is 19.3 Å². The van der Waals surface area contributed by atoms with E-state index in [0.29, 0.717) is 26.1 Å². The number of carbonyl (C=O) groups is 1. The molecule has 0 radical (unpaired) electrons. The smallest absolute Gasteiger partial charge is 0.232 e. The Morgan fingerprint density at radius 1 is 1.56 bits per heavy atom. The molecule has 2 aliphatic rings. The molecule has 0 bridgehead atoms. The number of piperidine rings is 1. The van der Waals surface area contributed by atoms with E-state index in [9.17, 15) is 14.9 Å². The summed E-state index contributed by atoms with van der Waals surface area (Å²) in [6, 6.07) is -0.644. The number of rotatable bonds is 5. The number of carbonyl (C=O) groups excluding carboxylic acids is 1. The largest absolute Gasteiger partial charge is 0.376 e. The predicted molar refractivity (Wildman–Crippen MR) is 64.7 cm³/mol. The predicted octanol–water partition coefficient (Wildman–Crippen LogP) is 1.07. The van der Waals surface area contributed by atoms with E-state index < -0.39 is 6.04 Å². The van der Waals surface area contributed by atoms with Crippen molar-refractivity contribution in [3.05, 3.63) is 10.1 Å². The molecule has 2 fully saturated rings. The van der Waals surface area contributed by atoms with Crippen LogP contribution in [0.25, 0.3) is 0 Å². The third-order valence-corrected chi connectivity index (χ3v) is 3.59. The molecular formula is C12H20N2O4. The van der Waals surface area contributed by atoms with Gasteiger partial charge in [-0.15, -0.1) is 0 Å². The number of hydrogen-bond donors (Lipinski definition) is 0. The van der Waals surface area contributed by atoms with E-state index >= 15 is 0 Å². The van der Waals surface area contributed by atoms with Crippen molar-refractivity contribution in [2.45, 2.75) is 44.8 Å². The number of likely N-dealkylation sites (tertiary alicyclic amines) is 1. The summed E-state index contributed by atoms with van der Waals surface area (Å²) in [6.45, 7) is 4.08. The molecule has 0 aromatic heterocycles. The maximum Gasteiger partial charge on any atom is 0.232 e. The van der Waals surface area contributed by atoms with Crippen LogP contribution < -0.4 is 0 Å². The van der Waals surface area contributed by atoms with E-state index in [0.717, 1.165) is 19.3 Å². The number of hydrogen-bond acceptors (Lipinski definition) is 4. The van der Waals surface area contributed by atoms with Gasteiger partial charge in [-0.3, -0.25) is 14.9 Å². The van der Waals surface area contributed by atoms with Crippen molar-refractivity contribution >= 4 is 5.91 Å². The molecule has 0 aromatic rings. The molecule has 1 aliphatic carbocycles. The second-order valence-corrected chi connectivity index (χ2v) is 5.11. The third-order valence-electron chi connectivity index (χ3n) is 3.59. The Bertz CT molecular complexity index is 334. The van der Waals surface area contributed by atoms with Crippen LogP contribution in [0.15, 0.2) is 0 Å². The highest BCUT2D eigenvalue weighted by atomic mass is 16.6. The normalized spacial score (nSPS) is 31.2. The lowest BCUT2D eigenvalue weighted by Crippen LogP contribution is -2.44. The molecular weight excluding hydrogens is 236 g/mol. The van der Waals surface area contributed by atoms with Gasteiger partial charge >= 0.3 is 0 Å². The molecule has 1 aliphatic heterocycles. The quantitative estimate of drug-likeness (QED) is 0.545. The van der Waals surface area contributed by atoms with Crippen LogP contribution in [-0.2, 0) is 9.53 Å². The summed E-state index contributed by atoms with van der Waals surface area (Å²) >= 11 is 0. The van der Waals surface area contributed by atoms with Gasteiger partial charge in [0.05, 0.1) is 6.10 Å². The van der Waals surface area contributed by atoms with Gasteiger partial charge in [-0.1, -0.05) is 6.92 Å². The van der Waals surface area contributed by atoms with Crippen molar-refractivity contribution in [1.82, 2.24) is 4.90 Å². The van der Waals surface area contributed by atoms with E-state index in [1.54, 1.807) is 4.90 Å². The lowest BCUT2D eigenvalue weighted by Gasteiger charge is -2.32. The number of ether oxygens (including phenoxy) is 1. The SMILES string of the molecule is CCCO[C@@H]1CCCN(C(=O)[C@@H]2C[C@H]2[N+](=O)[O-])C1. The van der Waals surface area contributed by atoms with Gasteiger partial charge in [0.25, 0.3) is 0 Å². The molecule has 3 atom stereocenters. The van der Waals surface area contributed by atoms with Crippen LogP contribution in [0.5, 0.6) is 0 Å². The Hall–Kier alpha value is -1.17. The maximum atomic E-state index is 12.1. The minimum atomic E-state index is -0.644. The Morgan fingerprint density at radius 3 is 2.94 bits per heavy atom. The van der Waals surface area contributed by atoms with Crippen LogP contribution in [0.2, 0.25) is 0 Å². The van der Waals surface area contributed by atoms with Crippen LogP contribution in [0.1, 0.15) is 32.6 Å². The second kappa shape index (κ2) is 5.65. The summed E-state index contributed by atoms with van der Waals surface area (Å²) in [6.07, 6.45) is 3.39. The number of nitrogens with zero attached hydrogens (tertiary/aromatic N) is 2. The molecule has 1 heterocycles. The van der Waals surface area contributed by atoms with Gasteiger partial charge in [0.1, 0.15) is 5.92 Å². The zero-order valence-electron chi connectivity index (χ0n) is 10.7. The van der Waals surface area contributed by atoms with Gasteiger partial charge in [-0.25, -0.2) is 0 Å². The van der Waals surface area contributed by atoms with Gasteiger partial charge in [0.2, 0.25) is 11.9 Å². The zero-order valence-corrected chi connectivity index (χ0v) is 10.7. The Labute approximate surface area is 106 Å². The Balaban J connectivity index is 1.82. The highest BCUT2D eigenvalue weighted by molar-refractivity contribution is 5.82. The molecule has 6 nitrogen and oxygen atoms in total. The monoisotopic (exact) mass is 256 g/mol. The average Bonchev–Trinajstić information content (AvgIpc) is 3.16. The van der Waals surface area contributed by atoms with E-state index in [1.807, 2.05) is 0 Å². The highest BCUT2D eigenvalue weighted by Gasteiger charge is 2.54. The van der Waals surface area contributed by atoms with Crippen LogP contribution in [0.4, 0.5) is 0 Å². The molecule has 0 N–H and O–H groups in total. The van der Waals surface area contributed by atoms with Crippen LogP contribution >= 0.6 is 0 Å². The fourth-order valence-electron chi connectivity index (χ4n) is 2.47. The highest BCUT2D eigenvalue weighted by Crippen LogP contribution is 2.35. The van der Waals surface area contributed by atoms with E-state index in [4.69, 9.17) is 4.74 Å². The maximum absolute atomic E-state index is 12.1. The molecule has 0 unspecified atom stereocenters. The average molecular weight is 256 g/mol. The summed E-state index contributed by atoms with van der Waals surface area (Å²) in [4.78, 5) is 24.0. The molecule has 0 spiro atoms. The van der Waals surface area contributed by atoms with Crippen molar-refractivity contribution in [3.63, 3.8) is 0 Å². The lowest BCUT2D eigenvalue weighted by atomic mass is 10.1. The molecule has 1 amide bonds. The van der Waals surface area contributed by atoms with Gasteiger partial charge < -0.3 is 9.64 Å². The van der Waals surface area contributed by atoms with E-state index in [2.05, 4.69) is 6.92 Å². The number of nitro groups is 1. The lowest BCUT2D eigenvalue weighted by molar-refractivity contribution is -0.497. The minimum Gasteiger partial charge on any atom is -0.376 e. The van der Waals surface area contributed by atoms with Crippen molar-refractivity contribution in [2.24, 2.45) is 5.92 Å². The summed E-state index contributed by atoms with van der Waals surface area (Å²) in [7, 11) is 0. The first kappa shape index (κ1) is 13.3. The van der Waals surface area contributed by atoms with Crippen LogP contribution in [0.3, 0.4) is 0 Å². The standard InChI is InChI=1S/C12H20N2O4/c1-2-6-18-9-4-3-5-13(8-9)12(15)10-7-11(10)14(16)17/h9-11H,2-8H2,1H3/t9-,10-,11-/m1/s1. The molecule has 2 rings (SSSR count). The molecule has 1 saturated heterocycles. The first-order chi connectivity index (χ1) is 8.63. The molecule has 0 aromatic carbocycles. The molecule has 18 heavy (non-hydrogen) atoms. The third kappa shape index (κ3) is 2.98. The summed E-state index contributed by atoms with van der Waals surface area (Å²) < 4.78 is 5.66. The van der Waals surface area contributed by atoms with Crippen molar-refractivity contribution < 1.29 is 14.5 Å². The minimum absolute atomic E-state index is 0.0542. The van der Waals surface area contributed by atoms with E-state index in [1.165, 1.54) is 0 Å². The van der Waals surface area contributed by atoms with Gasteiger partial charge in [-0.2, -0.15) is 0 Å². The fourth-order valence-corrected chi connectivity index (χ4v) is 2.47. The molecule has 6 heteroatoms. The van der Waals surface area contributed by atoms with Crippen molar-refractivity contribution in [2.75, 3.05) is 19.7 Å². The van der Waals surface area contributed by atoms with Crippen molar-refractivity contribution in [1.29, 1.82) is 0 Å². The van der Waals surface area contributed by atoms with Gasteiger partial charge in [0.15, 0.2) is 0 Å². The molecule has 102 valence electrons. The fraction of sp³-hybridized carbons (Fsp3) is 0.917. The number of amides is 1. The Kier molecular flexibility index (Phi) is 4.16. The zero-order chi connectivity index (χ0) is 13.1. The summed E-state index contributed by atoms with van der Waals surface area (Å²) in [5, 5.41) is 10.6. The topological polar surface area (TPSA) is 72.7 Å². The van der Waals surface area contributed by atoms with Crippen molar-refractivity contribution in [3.8, 4) is 0 Å².